The first-order valence-corrected chi connectivity index (χ1v) is 8.98. The quantitative estimate of drug-likeness (QED) is 0.419. The molecule has 4 rings (SSSR count). The normalized spacial score (nSPS) is 16.0. The van der Waals surface area contributed by atoms with Gasteiger partial charge in [0.2, 0.25) is 0 Å². The lowest BCUT2D eigenvalue weighted by atomic mass is 10.0. The van der Waals surface area contributed by atoms with E-state index in [1.807, 2.05) is 28.8 Å². The molecule has 29 heavy (non-hydrogen) atoms. The van der Waals surface area contributed by atoms with Gasteiger partial charge in [0.25, 0.3) is 0 Å². The molecule has 1 unspecified atom stereocenters. The van der Waals surface area contributed by atoms with Crippen LogP contribution in [0.25, 0.3) is 17.0 Å². The average Bonchev–Trinajstić information content (AvgIpc) is 3.29. The topological polar surface area (TPSA) is 90.1 Å². The van der Waals surface area contributed by atoms with Gasteiger partial charge in [0.15, 0.2) is 0 Å². The molecule has 7 nitrogen and oxygen atoms in total. The van der Waals surface area contributed by atoms with Crippen molar-refractivity contribution in [3.05, 3.63) is 71.4 Å². The number of fused-ring (bicyclic) bond motifs is 1. The Labute approximate surface area is 166 Å². The fraction of sp³-hybridized carbons (Fsp3) is 0.136. The number of nitrogens with zero attached hydrogens (tertiary/aromatic N) is 2. The number of phenols is 1. The number of rotatable bonds is 4. The molecule has 0 amide bonds. The number of para-hydroxylation sites is 1. The van der Waals surface area contributed by atoms with Crippen LogP contribution in [-0.2, 0) is 19.2 Å². The molecule has 1 aliphatic heterocycles. The highest BCUT2D eigenvalue weighted by Gasteiger charge is 2.28. The molecule has 2 aromatic carbocycles. The molecule has 2 heterocycles. The van der Waals surface area contributed by atoms with Crippen molar-refractivity contribution >= 4 is 34.6 Å². The summed E-state index contributed by atoms with van der Waals surface area (Å²) in [5.41, 5.74) is 2.91. The molecule has 0 fully saturated rings. The molecule has 7 heteroatoms. The number of benzene rings is 2. The van der Waals surface area contributed by atoms with Crippen molar-refractivity contribution in [1.29, 1.82) is 0 Å². The number of esters is 1. The Morgan fingerprint density at radius 2 is 1.93 bits per heavy atom. The first kappa shape index (κ1) is 18.5. The van der Waals surface area contributed by atoms with Gasteiger partial charge in [-0.2, -0.15) is 0 Å². The molecule has 0 bridgehead atoms. The van der Waals surface area contributed by atoms with E-state index >= 15 is 0 Å². The number of aromatic hydroxyl groups is 1. The van der Waals surface area contributed by atoms with E-state index in [9.17, 15) is 14.7 Å². The first-order chi connectivity index (χ1) is 14.0. The molecule has 1 aliphatic rings. The van der Waals surface area contributed by atoms with Crippen LogP contribution in [0.2, 0.25) is 0 Å². The van der Waals surface area contributed by atoms with Crippen molar-refractivity contribution in [2.45, 2.75) is 13.0 Å². The van der Waals surface area contributed by atoms with Gasteiger partial charge in [0.05, 0.1) is 12.7 Å². The fourth-order valence-corrected chi connectivity index (χ4v) is 3.34. The molecule has 1 atom stereocenters. The summed E-state index contributed by atoms with van der Waals surface area (Å²) < 4.78 is 6.68. The largest absolute Gasteiger partial charge is 0.508 e. The van der Waals surface area contributed by atoms with Crippen LogP contribution < -0.4 is 0 Å². The van der Waals surface area contributed by atoms with Crippen LogP contribution in [0, 0.1) is 0 Å². The van der Waals surface area contributed by atoms with Crippen LogP contribution in [0.5, 0.6) is 5.75 Å². The standard InChI is InChI=1S/C22H18N2O5/c1-13(21(26)28-2)24-12-15(17-5-3-4-6-19(17)24)11-18-20(23-29-22(18)27)14-7-9-16(25)10-8-14/h3-13,25H,1-2H3/b18-11-. The van der Waals surface area contributed by atoms with Crippen LogP contribution >= 0.6 is 0 Å². The summed E-state index contributed by atoms with van der Waals surface area (Å²) in [5, 5.41) is 14.3. The molecule has 0 spiro atoms. The Kier molecular flexibility index (Phi) is 4.64. The van der Waals surface area contributed by atoms with E-state index in [0.29, 0.717) is 16.8 Å². The molecular formula is C22H18N2O5. The third-order valence-corrected chi connectivity index (χ3v) is 4.87. The number of ether oxygens (including phenoxy) is 1. The fourth-order valence-electron chi connectivity index (χ4n) is 3.34. The predicted molar refractivity (Wildman–Crippen MR) is 107 cm³/mol. The van der Waals surface area contributed by atoms with Crippen molar-refractivity contribution in [2.24, 2.45) is 5.16 Å². The van der Waals surface area contributed by atoms with Crippen molar-refractivity contribution in [3.63, 3.8) is 0 Å². The summed E-state index contributed by atoms with van der Waals surface area (Å²) >= 11 is 0. The van der Waals surface area contributed by atoms with Crippen LogP contribution in [-0.4, -0.2) is 34.4 Å². The third kappa shape index (κ3) is 3.27. The Balaban J connectivity index is 1.83. The first-order valence-electron chi connectivity index (χ1n) is 8.98. The Morgan fingerprint density at radius 3 is 2.66 bits per heavy atom. The van der Waals surface area contributed by atoms with Gasteiger partial charge in [0, 0.05) is 28.2 Å². The maximum Gasteiger partial charge on any atom is 0.368 e. The van der Waals surface area contributed by atoms with E-state index in [4.69, 9.17) is 9.57 Å². The number of aromatic nitrogens is 1. The zero-order chi connectivity index (χ0) is 20.5. The van der Waals surface area contributed by atoms with Crippen molar-refractivity contribution in [3.8, 4) is 5.75 Å². The van der Waals surface area contributed by atoms with E-state index in [-0.39, 0.29) is 11.7 Å². The highest BCUT2D eigenvalue weighted by atomic mass is 16.7. The van der Waals surface area contributed by atoms with Crippen LogP contribution in [0.4, 0.5) is 0 Å². The number of hydrogen-bond donors (Lipinski definition) is 1. The Morgan fingerprint density at radius 1 is 1.21 bits per heavy atom. The Hall–Kier alpha value is -3.87. The molecule has 146 valence electrons. The second-order valence-electron chi connectivity index (χ2n) is 6.63. The van der Waals surface area contributed by atoms with Gasteiger partial charge in [-0.25, -0.2) is 9.59 Å². The summed E-state index contributed by atoms with van der Waals surface area (Å²) in [4.78, 5) is 29.3. The van der Waals surface area contributed by atoms with Gasteiger partial charge in [-0.05, 0) is 43.3 Å². The average molecular weight is 390 g/mol. The Bertz CT molecular complexity index is 1170. The second-order valence-corrected chi connectivity index (χ2v) is 6.63. The number of oxime groups is 1. The van der Waals surface area contributed by atoms with E-state index in [0.717, 1.165) is 16.5 Å². The van der Waals surface area contributed by atoms with Gasteiger partial charge in [-0.1, -0.05) is 23.4 Å². The lowest BCUT2D eigenvalue weighted by Gasteiger charge is -2.12. The maximum absolute atomic E-state index is 12.3. The van der Waals surface area contributed by atoms with E-state index < -0.39 is 12.0 Å². The number of carbonyl (C=O) groups is 2. The summed E-state index contributed by atoms with van der Waals surface area (Å²) in [5.74, 6) is -0.813. The smallest absolute Gasteiger partial charge is 0.368 e. The SMILES string of the molecule is COC(=O)C(C)n1cc(/C=C2\C(=O)ON=C2c2ccc(O)cc2)c2ccccc21. The van der Waals surface area contributed by atoms with Crippen molar-refractivity contribution in [1.82, 2.24) is 4.57 Å². The lowest BCUT2D eigenvalue weighted by molar-refractivity contribution is -0.144. The van der Waals surface area contributed by atoms with Crippen molar-refractivity contribution < 1.29 is 24.3 Å². The lowest BCUT2D eigenvalue weighted by Crippen LogP contribution is -2.16. The summed E-state index contributed by atoms with van der Waals surface area (Å²) in [6, 6.07) is 13.4. The summed E-state index contributed by atoms with van der Waals surface area (Å²) in [6.45, 7) is 1.75. The molecular weight excluding hydrogens is 372 g/mol. The summed E-state index contributed by atoms with van der Waals surface area (Å²) in [6.07, 6.45) is 3.50. The van der Waals surface area contributed by atoms with Gasteiger partial charge in [-0.3, -0.25) is 0 Å². The molecule has 0 saturated carbocycles. The van der Waals surface area contributed by atoms with Gasteiger partial charge < -0.3 is 19.2 Å². The number of carbonyl (C=O) groups excluding carboxylic acids is 2. The molecule has 0 radical (unpaired) electrons. The number of hydrogen-bond acceptors (Lipinski definition) is 6. The molecule has 1 aromatic heterocycles. The van der Waals surface area contributed by atoms with E-state index in [1.165, 1.54) is 19.2 Å². The highest BCUT2D eigenvalue weighted by molar-refractivity contribution is 6.31. The van der Waals surface area contributed by atoms with Gasteiger partial charge in [-0.15, -0.1) is 0 Å². The minimum atomic E-state index is -0.564. The monoisotopic (exact) mass is 390 g/mol. The van der Waals surface area contributed by atoms with Crippen LogP contribution in [0.15, 0.2) is 65.5 Å². The highest BCUT2D eigenvalue weighted by Crippen LogP contribution is 2.29. The third-order valence-electron chi connectivity index (χ3n) is 4.87. The number of methoxy groups -OCH3 is 1. The van der Waals surface area contributed by atoms with Gasteiger partial charge in [0.1, 0.15) is 17.5 Å². The minimum Gasteiger partial charge on any atom is -0.508 e. The van der Waals surface area contributed by atoms with Crippen LogP contribution in [0.3, 0.4) is 0 Å². The van der Waals surface area contributed by atoms with Gasteiger partial charge >= 0.3 is 11.9 Å². The number of phenolic OH excluding ortho intramolecular Hbond substituents is 1. The molecule has 0 aliphatic carbocycles. The maximum atomic E-state index is 12.3. The molecule has 0 saturated heterocycles. The molecule has 1 N–H and O–H groups in total. The molecule has 3 aromatic rings. The minimum absolute atomic E-state index is 0.116. The van der Waals surface area contributed by atoms with Crippen LogP contribution in [0.1, 0.15) is 24.1 Å². The second kappa shape index (κ2) is 7.27. The zero-order valence-corrected chi connectivity index (χ0v) is 15.8. The zero-order valence-electron chi connectivity index (χ0n) is 15.8. The van der Waals surface area contributed by atoms with Crippen molar-refractivity contribution in [2.75, 3.05) is 7.11 Å². The predicted octanol–water partition coefficient (Wildman–Crippen LogP) is 3.43. The van der Waals surface area contributed by atoms with E-state index in [1.54, 1.807) is 31.3 Å². The summed E-state index contributed by atoms with van der Waals surface area (Å²) in [7, 11) is 1.35. The van der Waals surface area contributed by atoms with E-state index in [2.05, 4.69) is 5.16 Å².